The molecule has 1 aliphatic rings. The van der Waals surface area contributed by atoms with Crippen molar-refractivity contribution in [3.8, 4) is 0 Å². The van der Waals surface area contributed by atoms with Gasteiger partial charge in [0.15, 0.2) is 4.73 Å². The zero-order chi connectivity index (χ0) is 9.97. The summed E-state index contributed by atoms with van der Waals surface area (Å²) in [5.74, 6) is 0. The molecular weight excluding hydrogens is 318 g/mol. The van der Waals surface area contributed by atoms with Gasteiger partial charge in [0, 0.05) is 0 Å². The molecule has 1 aromatic heterocycles. The molecule has 78 valence electrons. The largest absolute Gasteiger partial charge is 0.355 e. The molecule has 1 aliphatic heterocycles. The van der Waals surface area contributed by atoms with Crippen LogP contribution in [-0.4, -0.2) is 34.3 Å². The zero-order valence-corrected chi connectivity index (χ0v) is 10.5. The fourth-order valence-electron chi connectivity index (χ4n) is 1.25. The predicted octanol–water partition coefficient (Wildman–Crippen LogP) is 1.57. The lowest BCUT2D eigenvalue weighted by Crippen LogP contribution is -2.28. The van der Waals surface area contributed by atoms with E-state index in [-0.39, 0.29) is 6.10 Å². The van der Waals surface area contributed by atoms with Crippen molar-refractivity contribution in [3.05, 3.63) is 9.47 Å². The van der Waals surface area contributed by atoms with Crippen LogP contribution in [0.1, 0.15) is 6.42 Å². The average molecular weight is 327 g/mol. The lowest BCUT2D eigenvalue weighted by atomic mass is 10.2. The second kappa shape index (κ2) is 4.69. The van der Waals surface area contributed by atoms with Crippen molar-refractivity contribution < 1.29 is 9.47 Å². The Kier molecular flexibility index (Phi) is 3.53. The molecule has 5 nitrogen and oxygen atoms in total. The Hall–Kier alpha value is 0.0200. The molecule has 0 aliphatic carbocycles. The van der Waals surface area contributed by atoms with Gasteiger partial charge in [0.2, 0.25) is 4.73 Å². The van der Waals surface area contributed by atoms with Gasteiger partial charge in [0.25, 0.3) is 0 Å². The van der Waals surface area contributed by atoms with Crippen LogP contribution >= 0.6 is 31.9 Å². The lowest BCUT2D eigenvalue weighted by molar-refractivity contribution is -0.143. The van der Waals surface area contributed by atoms with Gasteiger partial charge in [-0.25, -0.2) is 4.68 Å². The van der Waals surface area contributed by atoms with Gasteiger partial charge >= 0.3 is 0 Å². The number of nitrogens with zero attached hydrogens (tertiary/aromatic N) is 3. The van der Waals surface area contributed by atoms with Gasteiger partial charge in [-0.1, -0.05) is 0 Å². The van der Waals surface area contributed by atoms with Crippen molar-refractivity contribution in [1.29, 1.82) is 0 Å². The van der Waals surface area contributed by atoms with Gasteiger partial charge < -0.3 is 9.47 Å². The van der Waals surface area contributed by atoms with E-state index in [1.807, 2.05) is 0 Å². The van der Waals surface area contributed by atoms with Crippen LogP contribution in [0.5, 0.6) is 0 Å². The summed E-state index contributed by atoms with van der Waals surface area (Å²) in [6, 6.07) is 0. The van der Waals surface area contributed by atoms with Gasteiger partial charge in [-0.05, 0) is 38.3 Å². The molecule has 2 heterocycles. The minimum atomic E-state index is 0.161. The molecule has 0 unspecified atom stereocenters. The molecule has 1 saturated heterocycles. The SMILES string of the molecule is Brc1nc(Br)n(C[C@H]2CCOCO2)n1. The van der Waals surface area contributed by atoms with Crippen LogP contribution in [-0.2, 0) is 16.0 Å². The monoisotopic (exact) mass is 325 g/mol. The number of hydrogen-bond acceptors (Lipinski definition) is 4. The highest BCUT2D eigenvalue weighted by Crippen LogP contribution is 2.14. The van der Waals surface area contributed by atoms with Crippen LogP contribution in [0.25, 0.3) is 0 Å². The first kappa shape index (κ1) is 10.5. The van der Waals surface area contributed by atoms with E-state index >= 15 is 0 Å². The van der Waals surface area contributed by atoms with Crippen LogP contribution < -0.4 is 0 Å². The maximum Gasteiger partial charge on any atom is 0.218 e. The summed E-state index contributed by atoms with van der Waals surface area (Å²) >= 11 is 6.53. The molecule has 14 heavy (non-hydrogen) atoms. The number of hydrogen-bond donors (Lipinski definition) is 0. The third-order valence-corrected chi connectivity index (χ3v) is 2.87. The van der Waals surface area contributed by atoms with Crippen LogP contribution in [0.3, 0.4) is 0 Å². The van der Waals surface area contributed by atoms with Crippen LogP contribution in [0.15, 0.2) is 9.47 Å². The minimum Gasteiger partial charge on any atom is -0.355 e. The molecule has 7 heteroatoms. The lowest BCUT2D eigenvalue weighted by Gasteiger charge is -2.22. The fourth-order valence-corrected chi connectivity index (χ4v) is 2.24. The maximum absolute atomic E-state index is 5.40. The number of ether oxygens (including phenoxy) is 2. The summed E-state index contributed by atoms with van der Waals surface area (Å²) in [7, 11) is 0. The molecule has 2 rings (SSSR count). The highest BCUT2D eigenvalue weighted by Gasteiger charge is 2.17. The van der Waals surface area contributed by atoms with Crippen molar-refractivity contribution in [3.63, 3.8) is 0 Å². The van der Waals surface area contributed by atoms with Crippen molar-refractivity contribution in [2.75, 3.05) is 13.4 Å². The van der Waals surface area contributed by atoms with E-state index in [1.54, 1.807) is 4.68 Å². The van der Waals surface area contributed by atoms with E-state index < -0.39 is 0 Å². The van der Waals surface area contributed by atoms with Crippen LogP contribution in [0.4, 0.5) is 0 Å². The van der Waals surface area contributed by atoms with Crippen molar-refractivity contribution in [1.82, 2.24) is 14.8 Å². The topological polar surface area (TPSA) is 49.2 Å². The minimum absolute atomic E-state index is 0.161. The van der Waals surface area contributed by atoms with E-state index in [0.717, 1.165) is 13.0 Å². The van der Waals surface area contributed by atoms with Gasteiger partial charge in [0.1, 0.15) is 6.79 Å². The smallest absolute Gasteiger partial charge is 0.218 e. The first-order valence-corrected chi connectivity index (χ1v) is 5.79. The third-order valence-electron chi connectivity index (χ3n) is 1.95. The Bertz CT molecular complexity index is 312. The fraction of sp³-hybridized carbons (Fsp3) is 0.714. The highest BCUT2D eigenvalue weighted by atomic mass is 79.9. The second-order valence-electron chi connectivity index (χ2n) is 2.94. The quantitative estimate of drug-likeness (QED) is 0.827. The molecule has 1 fully saturated rings. The summed E-state index contributed by atoms with van der Waals surface area (Å²) in [5.41, 5.74) is 0. The van der Waals surface area contributed by atoms with Gasteiger partial charge in [-0.2, -0.15) is 4.98 Å². The molecule has 1 atom stereocenters. The van der Waals surface area contributed by atoms with Gasteiger partial charge in [0.05, 0.1) is 19.3 Å². The summed E-state index contributed by atoms with van der Waals surface area (Å²) < 4.78 is 13.5. The van der Waals surface area contributed by atoms with Crippen LogP contribution in [0.2, 0.25) is 0 Å². The summed E-state index contributed by atoms with van der Waals surface area (Å²) in [6.07, 6.45) is 1.05. The molecule has 0 bridgehead atoms. The Morgan fingerprint density at radius 1 is 1.50 bits per heavy atom. The molecule has 0 amide bonds. The normalized spacial score (nSPS) is 22.6. The van der Waals surface area contributed by atoms with Crippen molar-refractivity contribution >= 4 is 31.9 Å². The summed E-state index contributed by atoms with van der Waals surface area (Å²) in [6.45, 7) is 1.82. The molecule has 0 N–H and O–H groups in total. The number of rotatable bonds is 2. The molecular formula is C7H9Br2N3O2. The van der Waals surface area contributed by atoms with E-state index in [0.29, 0.717) is 22.8 Å². The zero-order valence-electron chi connectivity index (χ0n) is 7.32. The van der Waals surface area contributed by atoms with E-state index in [9.17, 15) is 0 Å². The molecule has 0 saturated carbocycles. The summed E-state index contributed by atoms with van der Waals surface area (Å²) in [4.78, 5) is 4.07. The van der Waals surface area contributed by atoms with Crippen molar-refractivity contribution in [2.24, 2.45) is 0 Å². The Morgan fingerprint density at radius 2 is 2.36 bits per heavy atom. The second-order valence-corrected chi connectivity index (χ2v) is 4.35. The first-order chi connectivity index (χ1) is 6.75. The predicted molar refractivity (Wildman–Crippen MR) is 55.7 cm³/mol. The van der Waals surface area contributed by atoms with E-state index in [4.69, 9.17) is 9.47 Å². The van der Waals surface area contributed by atoms with Gasteiger partial charge in [-0.3, -0.25) is 0 Å². The number of halogens is 2. The Morgan fingerprint density at radius 3 is 2.93 bits per heavy atom. The van der Waals surface area contributed by atoms with E-state index in [1.165, 1.54) is 0 Å². The standard InChI is InChI=1S/C7H9Br2N3O2/c8-6-10-7(9)12(11-6)3-5-1-2-13-4-14-5/h5H,1-4H2/t5-/m1/s1. The van der Waals surface area contributed by atoms with Crippen molar-refractivity contribution in [2.45, 2.75) is 19.1 Å². The average Bonchev–Trinajstić information content (AvgIpc) is 2.47. The third kappa shape index (κ3) is 2.53. The van der Waals surface area contributed by atoms with Crippen LogP contribution in [0, 0.1) is 0 Å². The number of aromatic nitrogens is 3. The van der Waals surface area contributed by atoms with E-state index in [2.05, 4.69) is 41.9 Å². The molecule has 0 radical (unpaired) electrons. The molecule has 0 aromatic carbocycles. The summed E-state index contributed by atoms with van der Waals surface area (Å²) in [5, 5.41) is 4.16. The molecule has 1 aromatic rings. The Balaban J connectivity index is 1.98. The highest BCUT2D eigenvalue weighted by molar-refractivity contribution is 9.11. The van der Waals surface area contributed by atoms with Gasteiger partial charge in [-0.15, -0.1) is 5.10 Å². The first-order valence-electron chi connectivity index (χ1n) is 4.21. The Labute approximate surface area is 98.0 Å². The molecule has 0 spiro atoms. The maximum atomic E-state index is 5.40.